The maximum Gasteiger partial charge on any atom is 0.418 e. The lowest BCUT2D eigenvalue weighted by molar-refractivity contribution is -0.138. The van der Waals surface area contributed by atoms with Crippen molar-refractivity contribution in [1.29, 1.82) is 0 Å². The molecule has 0 bridgehead atoms. The van der Waals surface area contributed by atoms with E-state index < -0.39 is 17.7 Å². The maximum atomic E-state index is 13.2. The highest BCUT2D eigenvalue weighted by Gasteiger charge is 2.33. The van der Waals surface area contributed by atoms with Gasteiger partial charge >= 0.3 is 12.1 Å². The van der Waals surface area contributed by atoms with Gasteiger partial charge in [0, 0.05) is 29.6 Å². The Bertz CT molecular complexity index is 1270. The Labute approximate surface area is 180 Å². The van der Waals surface area contributed by atoms with Crippen LogP contribution in [0.4, 0.5) is 13.2 Å². The smallest absolute Gasteiger partial charge is 0.418 e. The van der Waals surface area contributed by atoms with Crippen LogP contribution in [0.15, 0.2) is 60.9 Å². The van der Waals surface area contributed by atoms with Crippen molar-refractivity contribution in [2.45, 2.75) is 19.1 Å². The molecule has 0 saturated carbocycles. The first kappa shape index (κ1) is 21.5. The molecule has 0 aliphatic heterocycles. The molecular formula is C23H19F3N2O4. The van der Waals surface area contributed by atoms with Gasteiger partial charge in [-0.05, 0) is 36.4 Å². The van der Waals surface area contributed by atoms with E-state index in [9.17, 15) is 18.0 Å². The Balaban J connectivity index is 1.39. The van der Waals surface area contributed by atoms with Gasteiger partial charge < -0.3 is 19.1 Å². The molecule has 0 unspecified atom stereocenters. The van der Waals surface area contributed by atoms with Gasteiger partial charge in [-0.25, -0.2) is 0 Å². The molecule has 166 valence electrons. The number of aromatic nitrogens is 2. The van der Waals surface area contributed by atoms with Gasteiger partial charge in [-0.3, -0.25) is 9.78 Å². The third-order valence-electron chi connectivity index (χ3n) is 4.92. The number of rotatable bonds is 8. The fourth-order valence-electron chi connectivity index (χ4n) is 3.53. The number of alkyl halides is 3. The van der Waals surface area contributed by atoms with Crippen molar-refractivity contribution in [3.8, 4) is 11.5 Å². The summed E-state index contributed by atoms with van der Waals surface area (Å²) in [5.74, 6) is 0.0155. The first-order valence-corrected chi connectivity index (χ1v) is 9.85. The molecule has 0 radical (unpaired) electrons. The van der Waals surface area contributed by atoms with Crippen LogP contribution in [0.2, 0.25) is 0 Å². The Hall–Kier alpha value is -3.75. The molecule has 0 atom stereocenters. The molecule has 4 aromatic rings. The molecule has 0 spiro atoms. The number of carbonyl (C=O) groups is 1. The fraction of sp³-hybridized carbons (Fsp3) is 0.217. The van der Waals surface area contributed by atoms with Crippen LogP contribution in [0.1, 0.15) is 12.0 Å². The SMILES string of the molecule is O=C(O)Cn1ccc2c(OCCCOc3ccnc4c(C(F)(F)F)cccc34)cccc21. The number of ether oxygens (including phenoxy) is 2. The molecule has 0 fully saturated rings. The van der Waals surface area contributed by atoms with Gasteiger partial charge in [-0.1, -0.05) is 12.1 Å². The van der Waals surface area contributed by atoms with Crippen LogP contribution in [0, 0.1) is 0 Å². The lowest BCUT2D eigenvalue weighted by Crippen LogP contribution is -2.08. The van der Waals surface area contributed by atoms with Gasteiger partial charge in [0.25, 0.3) is 0 Å². The highest BCUT2D eigenvalue weighted by atomic mass is 19.4. The molecule has 2 aromatic heterocycles. The molecule has 0 aliphatic rings. The van der Waals surface area contributed by atoms with Gasteiger partial charge in [0.15, 0.2) is 0 Å². The summed E-state index contributed by atoms with van der Waals surface area (Å²) >= 11 is 0. The molecule has 0 aliphatic carbocycles. The summed E-state index contributed by atoms with van der Waals surface area (Å²) in [6.45, 7) is 0.419. The average Bonchev–Trinajstić information content (AvgIpc) is 3.15. The predicted octanol–water partition coefficient (Wildman–Crippen LogP) is 5.14. The third kappa shape index (κ3) is 4.46. The zero-order chi connectivity index (χ0) is 22.7. The molecule has 32 heavy (non-hydrogen) atoms. The Morgan fingerprint density at radius 1 is 0.969 bits per heavy atom. The highest BCUT2D eigenvalue weighted by Crippen LogP contribution is 2.36. The van der Waals surface area contributed by atoms with Crippen molar-refractivity contribution in [2.75, 3.05) is 13.2 Å². The van der Waals surface area contributed by atoms with E-state index in [2.05, 4.69) is 4.98 Å². The van der Waals surface area contributed by atoms with Gasteiger partial charge in [0.2, 0.25) is 0 Å². The molecule has 0 saturated heterocycles. The first-order chi connectivity index (χ1) is 15.3. The van der Waals surface area contributed by atoms with E-state index in [0.717, 1.165) is 17.0 Å². The number of para-hydroxylation sites is 1. The summed E-state index contributed by atoms with van der Waals surface area (Å²) in [4.78, 5) is 14.9. The van der Waals surface area contributed by atoms with Crippen molar-refractivity contribution in [3.05, 3.63) is 66.5 Å². The van der Waals surface area contributed by atoms with E-state index in [4.69, 9.17) is 14.6 Å². The van der Waals surface area contributed by atoms with Crippen LogP contribution in [0.25, 0.3) is 21.8 Å². The number of benzene rings is 2. The normalized spacial score (nSPS) is 11.7. The van der Waals surface area contributed by atoms with E-state index in [-0.39, 0.29) is 18.7 Å². The number of carboxylic acid groups (broad SMARTS) is 1. The van der Waals surface area contributed by atoms with E-state index in [0.29, 0.717) is 29.9 Å². The summed E-state index contributed by atoms with van der Waals surface area (Å²) in [5.41, 5.74) is -0.192. The van der Waals surface area contributed by atoms with Gasteiger partial charge in [0.1, 0.15) is 18.0 Å². The second-order valence-corrected chi connectivity index (χ2v) is 7.09. The molecule has 4 rings (SSSR count). The number of aliphatic carboxylic acids is 1. The first-order valence-electron chi connectivity index (χ1n) is 9.85. The predicted molar refractivity (Wildman–Crippen MR) is 112 cm³/mol. The fourth-order valence-corrected chi connectivity index (χ4v) is 3.53. The minimum atomic E-state index is -4.50. The van der Waals surface area contributed by atoms with Gasteiger partial charge in [0.05, 0.1) is 29.8 Å². The zero-order valence-electron chi connectivity index (χ0n) is 16.8. The number of pyridine rings is 1. The lowest BCUT2D eigenvalue weighted by atomic mass is 10.1. The van der Waals surface area contributed by atoms with Gasteiger partial charge in [-0.15, -0.1) is 0 Å². The summed E-state index contributed by atoms with van der Waals surface area (Å²) < 4.78 is 52.8. The molecule has 0 amide bonds. The van der Waals surface area contributed by atoms with Crippen molar-refractivity contribution in [1.82, 2.24) is 9.55 Å². The molecule has 2 heterocycles. The zero-order valence-corrected chi connectivity index (χ0v) is 16.8. The number of carboxylic acids is 1. The molecule has 2 aromatic carbocycles. The topological polar surface area (TPSA) is 73.6 Å². The van der Waals surface area contributed by atoms with Crippen LogP contribution in [-0.2, 0) is 17.5 Å². The number of hydrogen-bond donors (Lipinski definition) is 1. The number of nitrogens with zero attached hydrogens (tertiary/aromatic N) is 2. The van der Waals surface area contributed by atoms with Crippen LogP contribution in [-0.4, -0.2) is 33.8 Å². The van der Waals surface area contributed by atoms with Crippen molar-refractivity contribution in [3.63, 3.8) is 0 Å². The second-order valence-electron chi connectivity index (χ2n) is 7.09. The highest BCUT2D eigenvalue weighted by molar-refractivity contribution is 5.88. The van der Waals surface area contributed by atoms with Crippen molar-refractivity contribution < 1.29 is 32.5 Å². The number of hydrogen-bond acceptors (Lipinski definition) is 4. The van der Waals surface area contributed by atoms with E-state index in [1.54, 1.807) is 35.0 Å². The number of halogens is 3. The molecule has 1 N–H and O–H groups in total. The maximum absolute atomic E-state index is 13.2. The summed E-state index contributed by atoms with van der Waals surface area (Å²) in [6, 6.07) is 12.6. The van der Waals surface area contributed by atoms with Crippen LogP contribution >= 0.6 is 0 Å². The Kier molecular flexibility index (Phi) is 5.89. The largest absolute Gasteiger partial charge is 0.493 e. The second kappa shape index (κ2) is 8.78. The summed E-state index contributed by atoms with van der Waals surface area (Å²) in [5, 5.41) is 10.1. The third-order valence-corrected chi connectivity index (χ3v) is 4.92. The van der Waals surface area contributed by atoms with Crippen LogP contribution < -0.4 is 9.47 Å². The Morgan fingerprint density at radius 3 is 2.41 bits per heavy atom. The van der Waals surface area contributed by atoms with Crippen molar-refractivity contribution >= 4 is 27.8 Å². The molecule has 6 nitrogen and oxygen atoms in total. The Morgan fingerprint density at radius 2 is 1.69 bits per heavy atom. The van der Waals surface area contributed by atoms with E-state index in [1.807, 2.05) is 6.07 Å². The standard InChI is InChI=1S/C23H19F3N2O4/c24-23(25,26)17-5-1-4-16-20(8-10-27-22(16)17)32-13-3-12-31-19-7-2-6-18-15(19)9-11-28(18)14-21(29)30/h1-2,4-11H,3,12-14H2,(H,29,30). The van der Waals surface area contributed by atoms with Crippen molar-refractivity contribution in [2.24, 2.45) is 0 Å². The van der Waals surface area contributed by atoms with E-state index >= 15 is 0 Å². The molecule has 9 heteroatoms. The van der Waals surface area contributed by atoms with Gasteiger partial charge in [-0.2, -0.15) is 13.2 Å². The number of fused-ring (bicyclic) bond motifs is 2. The average molecular weight is 444 g/mol. The van der Waals surface area contributed by atoms with Crippen LogP contribution in [0.3, 0.4) is 0 Å². The van der Waals surface area contributed by atoms with Crippen LogP contribution in [0.5, 0.6) is 11.5 Å². The summed E-state index contributed by atoms with van der Waals surface area (Å²) in [6.07, 6.45) is -1.01. The van der Waals surface area contributed by atoms with E-state index in [1.165, 1.54) is 18.3 Å². The minimum absolute atomic E-state index is 0.142. The molecular weight excluding hydrogens is 425 g/mol. The summed E-state index contributed by atoms with van der Waals surface area (Å²) in [7, 11) is 0. The minimum Gasteiger partial charge on any atom is -0.493 e. The quantitative estimate of drug-likeness (QED) is 0.381. The lowest BCUT2D eigenvalue weighted by Gasteiger charge is -2.13. The monoisotopic (exact) mass is 444 g/mol.